The number of alkyl halides is 3. The molecule has 0 unspecified atom stereocenters. The molecule has 1 amide bonds. The minimum atomic E-state index is -4.37. The average Bonchev–Trinajstić information content (AvgIpc) is 3.24. The molecule has 2 aliphatic heterocycles. The van der Waals surface area contributed by atoms with Gasteiger partial charge in [-0.25, -0.2) is 4.98 Å². The van der Waals surface area contributed by atoms with E-state index in [-0.39, 0.29) is 11.8 Å². The Morgan fingerprint density at radius 2 is 1.88 bits per heavy atom. The van der Waals surface area contributed by atoms with Crippen molar-refractivity contribution in [2.75, 3.05) is 49.1 Å². The number of amides is 1. The lowest BCUT2D eigenvalue weighted by Crippen LogP contribution is -2.52. The Morgan fingerprint density at radius 3 is 2.65 bits per heavy atom. The lowest BCUT2D eigenvalue weighted by Gasteiger charge is -2.40. The van der Waals surface area contributed by atoms with Crippen LogP contribution in [0.1, 0.15) is 24.1 Å². The molecule has 180 valence electrons. The molecular formula is C23H25F3N6O2. The summed E-state index contributed by atoms with van der Waals surface area (Å²) in [5, 5.41) is 4.75. The Kier molecular flexibility index (Phi) is 5.78. The Hall–Kier alpha value is -3.37. The Bertz CT molecular complexity index is 1190. The third-order valence-corrected chi connectivity index (χ3v) is 6.62. The third-order valence-electron chi connectivity index (χ3n) is 6.62. The average molecular weight is 474 g/mol. The highest BCUT2D eigenvalue weighted by molar-refractivity contribution is 5.88. The van der Waals surface area contributed by atoms with Crippen LogP contribution in [0.15, 0.2) is 35.1 Å². The van der Waals surface area contributed by atoms with Crippen molar-refractivity contribution in [2.24, 2.45) is 5.92 Å². The summed E-state index contributed by atoms with van der Waals surface area (Å²) in [6.45, 7) is 5.12. The number of hydrogen-bond acceptors (Lipinski definition) is 7. The monoisotopic (exact) mass is 474 g/mol. The maximum atomic E-state index is 13.3. The van der Waals surface area contributed by atoms with Gasteiger partial charge in [-0.2, -0.15) is 18.2 Å². The molecule has 2 aromatic heterocycles. The molecule has 1 atom stereocenters. The van der Waals surface area contributed by atoms with Crippen LogP contribution < -0.4 is 9.80 Å². The van der Waals surface area contributed by atoms with Crippen LogP contribution in [0.2, 0.25) is 0 Å². The molecule has 3 aromatic rings. The van der Waals surface area contributed by atoms with Crippen molar-refractivity contribution >= 4 is 28.5 Å². The highest BCUT2D eigenvalue weighted by atomic mass is 19.4. The van der Waals surface area contributed by atoms with Crippen LogP contribution in [0.25, 0.3) is 11.1 Å². The van der Waals surface area contributed by atoms with Gasteiger partial charge in [0, 0.05) is 45.0 Å². The number of nitrogens with zero attached hydrogens (tertiary/aromatic N) is 6. The van der Waals surface area contributed by atoms with Crippen molar-refractivity contribution in [2.45, 2.75) is 25.9 Å². The van der Waals surface area contributed by atoms with Crippen molar-refractivity contribution in [3.05, 3.63) is 41.9 Å². The zero-order valence-electron chi connectivity index (χ0n) is 18.8. The molecule has 2 aliphatic rings. The van der Waals surface area contributed by atoms with Crippen LogP contribution in [-0.4, -0.2) is 65.2 Å². The molecule has 0 N–H and O–H groups in total. The van der Waals surface area contributed by atoms with Crippen molar-refractivity contribution in [1.82, 2.24) is 20.0 Å². The topological polar surface area (TPSA) is 78.6 Å². The first-order valence-electron chi connectivity index (χ1n) is 11.3. The number of carbonyl (C=O) groups excluding carboxylic acids is 1. The number of anilines is 2. The number of rotatable bonds is 3. The first-order chi connectivity index (χ1) is 16.3. The van der Waals surface area contributed by atoms with Crippen LogP contribution in [0, 0.1) is 12.8 Å². The highest BCUT2D eigenvalue weighted by Gasteiger charge is 2.34. The van der Waals surface area contributed by atoms with E-state index in [2.05, 4.69) is 20.0 Å². The van der Waals surface area contributed by atoms with Gasteiger partial charge in [0.25, 0.3) is 5.71 Å². The molecule has 1 aromatic carbocycles. The Morgan fingerprint density at radius 1 is 1.09 bits per heavy atom. The predicted molar refractivity (Wildman–Crippen MR) is 120 cm³/mol. The van der Waals surface area contributed by atoms with E-state index in [1.54, 1.807) is 6.07 Å². The van der Waals surface area contributed by atoms with Gasteiger partial charge in [0.1, 0.15) is 17.5 Å². The van der Waals surface area contributed by atoms with E-state index < -0.39 is 11.7 Å². The number of hydrogen-bond donors (Lipinski definition) is 0. The fourth-order valence-electron chi connectivity index (χ4n) is 4.84. The van der Waals surface area contributed by atoms with Crippen LogP contribution in [-0.2, 0) is 11.0 Å². The molecule has 5 rings (SSSR count). The predicted octanol–water partition coefficient (Wildman–Crippen LogP) is 3.51. The standard InChI is InChI=1S/C23H25F3N6O2/c1-15-19-20(27-14-28-21(19)34-29-15)32-7-3-4-16(13-32)22(33)31-10-8-30(9-11-31)18-6-2-5-17(12-18)23(24,25)26/h2,5-6,12,14,16H,3-4,7-11,13H2,1H3/t16-/m0/s1. The fraction of sp³-hybridized carbons (Fsp3) is 0.478. The third kappa shape index (κ3) is 4.26. The Balaban J connectivity index is 1.24. The second-order valence-electron chi connectivity index (χ2n) is 8.79. The van der Waals surface area contributed by atoms with Gasteiger partial charge >= 0.3 is 6.18 Å². The zero-order valence-corrected chi connectivity index (χ0v) is 18.8. The van der Waals surface area contributed by atoms with Crippen LogP contribution >= 0.6 is 0 Å². The van der Waals surface area contributed by atoms with Gasteiger partial charge in [-0.05, 0) is 38.0 Å². The molecule has 34 heavy (non-hydrogen) atoms. The first-order valence-corrected chi connectivity index (χ1v) is 11.3. The summed E-state index contributed by atoms with van der Waals surface area (Å²) in [5.74, 6) is 0.649. The van der Waals surface area contributed by atoms with Gasteiger partial charge in [-0.15, -0.1) is 0 Å². The summed E-state index contributed by atoms with van der Waals surface area (Å²) >= 11 is 0. The first kappa shape index (κ1) is 22.4. The van der Waals surface area contributed by atoms with Gasteiger partial charge < -0.3 is 19.2 Å². The molecule has 2 fully saturated rings. The highest BCUT2D eigenvalue weighted by Crippen LogP contribution is 2.33. The van der Waals surface area contributed by atoms with E-state index >= 15 is 0 Å². The normalized spacial score (nSPS) is 19.6. The maximum absolute atomic E-state index is 13.3. The molecule has 2 saturated heterocycles. The maximum Gasteiger partial charge on any atom is 0.416 e. The van der Waals surface area contributed by atoms with Crippen molar-refractivity contribution in [3.8, 4) is 0 Å². The molecule has 4 heterocycles. The minimum absolute atomic E-state index is 0.0840. The van der Waals surface area contributed by atoms with Gasteiger partial charge in [0.05, 0.1) is 17.2 Å². The summed E-state index contributed by atoms with van der Waals surface area (Å²) in [6.07, 6.45) is -1.28. The van der Waals surface area contributed by atoms with Gasteiger partial charge in [0.15, 0.2) is 0 Å². The number of fused-ring (bicyclic) bond motifs is 1. The van der Waals surface area contributed by atoms with E-state index in [1.807, 2.05) is 16.7 Å². The smallest absolute Gasteiger partial charge is 0.368 e. The number of carbonyl (C=O) groups is 1. The molecule has 0 spiro atoms. The van der Waals surface area contributed by atoms with Crippen LogP contribution in [0.4, 0.5) is 24.7 Å². The quantitative estimate of drug-likeness (QED) is 0.575. The molecular weight excluding hydrogens is 449 g/mol. The van der Waals surface area contributed by atoms with Crippen molar-refractivity contribution < 1.29 is 22.5 Å². The van der Waals surface area contributed by atoms with E-state index in [0.29, 0.717) is 49.8 Å². The lowest BCUT2D eigenvalue weighted by atomic mass is 9.96. The molecule has 8 nitrogen and oxygen atoms in total. The summed E-state index contributed by atoms with van der Waals surface area (Å²) < 4.78 is 44.4. The van der Waals surface area contributed by atoms with E-state index in [1.165, 1.54) is 18.5 Å². The number of piperazine rings is 1. The largest absolute Gasteiger partial charge is 0.416 e. The molecule has 0 saturated carbocycles. The summed E-state index contributed by atoms with van der Waals surface area (Å²) in [6, 6.07) is 5.35. The molecule has 0 bridgehead atoms. The fourth-order valence-corrected chi connectivity index (χ4v) is 4.84. The van der Waals surface area contributed by atoms with Crippen LogP contribution in [0.5, 0.6) is 0 Å². The summed E-state index contributed by atoms with van der Waals surface area (Å²) in [7, 11) is 0. The lowest BCUT2D eigenvalue weighted by molar-refractivity contribution is -0.137. The molecule has 11 heteroatoms. The number of benzene rings is 1. The van der Waals surface area contributed by atoms with Crippen molar-refractivity contribution in [3.63, 3.8) is 0 Å². The second kappa shape index (κ2) is 8.77. The zero-order chi connectivity index (χ0) is 23.9. The van der Waals surface area contributed by atoms with Crippen molar-refractivity contribution in [1.29, 1.82) is 0 Å². The van der Waals surface area contributed by atoms with E-state index in [9.17, 15) is 18.0 Å². The van der Waals surface area contributed by atoms with Gasteiger partial charge in [-0.1, -0.05) is 11.2 Å². The summed E-state index contributed by atoms with van der Waals surface area (Å²) in [5.41, 5.74) is 1.02. The van der Waals surface area contributed by atoms with Gasteiger partial charge in [-0.3, -0.25) is 4.79 Å². The Labute approximate surface area is 194 Å². The number of aryl methyl sites for hydroxylation is 1. The number of aromatic nitrogens is 3. The van der Waals surface area contributed by atoms with Crippen LogP contribution in [0.3, 0.4) is 0 Å². The van der Waals surface area contributed by atoms with E-state index in [4.69, 9.17) is 4.52 Å². The molecule has 0 radical (unpaired) electrons. The minimum Gasteiger partial charge on any atom is -0.368 e. The number of halogens is 3. The SMILES string of the molecule is Cc1noc2ncnc(N3CCC[C@H](C(=O)N4CCN(c5cccc(C(F)(F)F)c5)CC4)C3)c12. The molecule has 0 aliphatic carbocycles. The van der Waals surface area contributed by atoms with Gasteiger partial charge in [0.2, 0.25) is 5.91 Å². The second-order valence-corrected chi connectivity index (χ2v) is 8.79. The summed E-state index contributed by atoms with van der Waals surface area (Å²) in [4.78, 5) is 27.7. The number of piperidine rings is 1. The van der Waals surface area contributed by atoms with E-state index in [0.717, 1.165) is 36.7 Å².